The van der Waals surface area contributed by atoms with E-state index < -0.39 is 10.8 Å². The van der Waals surface area contributed by atoms with Gasteiger partial charge in [0, 0.05) is 35.0 Å². The smallest absolute Gasteiger partial charge is 0.269 e. The van der Waals surface area contributed by atoms with Crippen LogP contribution in [0.1, 0.15) is 15.9 Å². The van der Waals surface area contributed by atoms with E-state index in [1.807, 2.05) is 12.1 Å². The second-order valence-electron chi connectivity index (χ2n) is 5.73. The Kier molecular flexibility index (Phi) is 5.33. The third kappa shape index (κ3) is 4.39. The summed E-state index contributed by atoms with van der Waals surface area (Å²) in [6, 6.07) is 15.3. The number of rotatable bonds is 5. The van der Waals surface area contributed by atoms with Crippen molar-refractivity contribution in [2.24, 2.45) is 0 Å². The standard InChI is InChI=1S/C19H14ClN3O4/c20-17-4-2-1-3-14(17)11-22-12-15(7-10-18(22)24)21-19(25)13-5-8-16(9-6-13)23(26)27/h1-10,12H,11H2,(H,21,25). The van der Waals surface area contributed by atoms with E-state index in [0.717, 1.165) is 5.56 Å². The molecule has 3 aromatic rings. The van der Waals surface area contributed by atoms with E-state index >= 15 is 0 Å². The number of non-ortho nitro benzene ring substituents is 1. The first-order valence-electron chi connectivity index (χ1n) is 7.94. The van der Waals surface area contributed by atoms with Crippen LogP contribution in [0.3, 0.4) is 0 Å². The summed E-state index contributed by atoms with van der Waals surface area (Å²) in [6.07, 6.45) is 1.52. The lowest BCUT2D eigenvalue weighted by atomic mass is 10.2. The van der Waals surface area contributed by atoms with Gasteiger partial charge in [-0.25, -0.2) is 0 Å². The van der Waals surface area contributed by atoms with E-state index in [4.69, 9.17) is 11.6 Å². The topological polar surface area (TPSA) is 94.2 Å². The first-order chi connectivity index (χ1) is 12.9. The average Bonchev–Trinajstić information content (AvgIpc) is 2.66. The lowest BCUT2D eigenvalue weighted by Gasteiger charge is -2.10. The van der Waals surface area contributed by atoms with Crippen molar-refractivity contribution < 1.29 is 9.72 Å². The number of anilines is 1. The minimum atomic E-state index is -0.535. The van der Waals surface area contributed by atoms with Gasteiger partial charge in [-0.15, -0.1) is 0 Å². The van der Waals surface area contributed by atoms with Crippen molar-refractivity contribution in [1.82, 2.24) is 4.57 Å². The molecule has 3 rings (SSSR count). The predicted molar refractivity (Wildman–Crippen MR) is 102 cm³/mol. The zero-order valence-corrected chi connectivity index (χ0v) is 14.7. The quantitative estimate of drug-likeness (QED) is 0.536. The van der Waals surface area contributed by atoms with Gasteiger partial charge in [0.1, 0.15) is 0 Å². The molecule has 1 N–H and O–H groups in total. The molecule has 7 nitrogen and oxygen atoms in total. The molecule has 0 spiro atoms. The molecule has 0 bridgehead atoms. The van der Waals surface area contributed by atoms with Crippen LogP contribution in [0.15, 0.2) is 71.7 Å². The lowest BCUT2D eigenvalue weighted by Crippen LogP contribution is -2.21. The number of nitro benzene ring substituents is 1. The molecule has 0 fully saturated rings. The number of hydrogen-bond donors (Lipinski definition) is 1. The SMILES string of the molecule is O=C(Nc1ccc(=O)n(Cc2ccccc2Cl)c1)c1ccc([N+](=O)[O-])cc1. The Bertz CT molecular complexity index is 1060. The highest BCUT2D eigenvalue weighted by atomic mass is 35.5. The Morgan fingerprint density at radius 1 is 1.07 bits per heavy atom. The minimum Gasteiger partial charge on any atom is -0.321 e. The Labute approximate surface area is 159 Å². The van der Waals surface area contributed by atoms with Crippen LogP contribution in [0.2, 0.25) is 5.02 Å². The summed E-state index contributed by atoms with van der Waals surface area (Å²) in [5, 5.41) is 13.9. The highest BCUT2D eigenvalue weighted by Crippen LogP contribution is 2.17. The highest BCUT2D eigenvalue weighted by Gasteiger charge is 2.11. The average molecular weight is 384 g/mol. The summed E-state index contributed by atoms with van der Waals surface area (Å²) >= 11 is 6.13. The molecule has 0 saturated heterocycles. The van der Waals surface area contributed by atoms with E-state index in [1.165, 1.54) is 47.2 Å². The predicted octanol–water partition coefficient (Wildman–Crippen LogP) is 3.71. The molecule has 0 unspecified atom stereocenters. The molecule has 136 valence electrons. The molecule has 0 saturated carbocycles. The van der Waals surface area contributed by atoms with Gasteiger partial charge in [0.05, 0.1) is 17.2 Å². The number of nitrogens with one attached hydrogen (secondary N) is 1. The van der Waals surface area contributed by atoms with Crippen LogP contribution in [0.5, 0.6) is 0 Å². The molecular weight excluding hydrogens is 370 g/mol. The van der Waals surface area contributed by atoms with Gasteiger partial charge in [-0.3, -0.25) is 19.7 Å². The number of carbonyl (C=O) groups excluding carboxylic acids is 1. The van der Waals surface area contributed by atoms with Gasteiger partial charge in [-0.05, 0) is 29.8 Å². The fourth-order valence-corrected chi connectivity index (χ4v) is 2.67. The highest BCUT2D eigenvalue weighted by molar-refractivity contribution is 6.31. The summed E-state index contributed by atoms with van der Waals surface area (Å²) in [7, 11) is 0. The van der Waals surface area contributed by atoms with E-state index in [-0.39, 0.29) is 23.4 Å². The zero-order chi connectivity index (χ0) is 19.4. The summed E-state index contributed by atoms with van der Waals surface area (Å²) in [5.41, 5.74) is 1.14. The number of carbonyl (C=O) groups is 1. The number of pyridine rings is 1. The Morgan fingerprint density at radius 3 is 2.44 bits per heavy atom. The molecule has 0 atom stereocenters. The van der Waals surface area contributed by atoms with Crippen molar-refractivity contribution in [3.63, 3.8) is 0 Å². The largest absolute Gasteiger partial charge is 0.321 e. The first-order valence-corrected chi connectivity index (χ1v) is 8.31. The monoisotopic (exact) mass is 383 g/mol. The van der Waals surface area contributed by atoms with Crippen molar-refractivity contribution in [2.75, 3.05) is 5.32 Å². The van der Waals surface area contributed by atoms with Crippen LogP contribution in [0, 0.1) is 10.1 Å². The molecule has 0 aliphatic rings. The van der Waals surface area contributed by atoms with Crippen LogP contribution >= 0.6 is 11.6 Å². The van der Waals surface area contributed by atoms with Gasteiger partial charge >= 0.3 is 0 Å². The van der Waals surface area contributed by atoms with Gasteiger partial charge < -0.3 is 9.88 Å². The van der Waals surface area contributed by atoms with E-state index in [1.54, 1.807) is 12.1 Å². The fraction of sp³-hybridized carbons (Fsp3) is 0.0526. The fourth-order valence-electron chi connectivity index (χ4n) is 2.48. The molecule has 1 aromatic heterocycles. The second-order valence-corrected chi connectivity index (χ2v) is 6.14. The summed E-state index contributed by atoms with van der Waals surface area (Å²) in [5.74, 6) is -0.437. The number of halogens is 1. The lowest BCUT2D eigenvalue weighted by molar-refractivity contribution is -0.384. The van der Waals surface area contributed by atoms with Gasteiger partial charge in [-0.2, -0.15) is 0 Å². The van der Waals surface area contributed by atoms with Crippen molar-refractivity contribution in [3.05, 3.63) is 103 Å². The third-order valence-corrected chi connectivity index (χ3v) is 4.25. The number of hydrogen-bond acceptors (Lipinski definition) is 4. The number of benzene rings is 2. The maximum atomic E-state index is 12.3. The number of nitro groups is 1. The third-order valence-electron chi connectivity index (χ3n) is 3.88. The number of amides is 1. The maximum absolute atomic E-state index is 12.3. The Morgan fingerprint density at radius 2 is 1.78 bits per heavy atom. The van der Waals surface area contributed by atoms with Crippen LogP contribution in [-0.4, -0.2) is 15.4 Å². The first kappa shape index (κ1) is 18.3. The molecular formula is C19H14ClN3O4. The second kappa shape index (κ2) is 7.84. The van der Waals surface area contributed by atoms with E-state index in [2.05, 4.69) is 5.32 Å². The molecule has 27 heavy (non-hydrogen) atoms. The Hall–Kier alpha value is -3.45. The normalized spacial score (nSPS) is 10.4. The molecule has 1 amide bonds. The van der Waals surface area contributed by atoms with E-state index in [9.17, 15) is 19.7 Å². The maximum Gasteiger partial charge on any atom is 0.269 e. The van der Waals surface area contributed by atoms with Gasteiger partial charge in [0.2, 0.25) is 0 Å². The van der Waals surface area contributed by atoms with Gasteiger partial charge in [0.25, 0.3) is 17.2 Å². The molecule has 0 aliphatic carbocycles. The molecule has 1 heterocycles. The Balaban J connectivity index is 1.79. The van der Waals surface area contributed by atoms with Crippen molar-refractivity contribution in [2.45, 2.75) is 6.54 Å². The van der Waals surface area contributed by atoms with Crippen molar-refractivity contribution in [3.8, 4) is 0 Å². The summed E-state index contributed by atoms with van der Waals surface area (Å²) in [6.45, 7) is 0.264. The minimum absolute atomic E-state index is 0.0974. The van der Waals surface area contributed by atoms with Gasteiger partial charge in [0.15, 0.2) is 0 Å². The molecule has 0 radical (unpaired) electrons. The van der Waals surface area contributed by atoms with Crippen molar-refractivity contribution in [1.29, 1.82) is 0 Å². The van der Waals surface area contributed by atoms with Crippen LogP contribution in [0.25, 0.3) is 0 Å². The molecule has 8 heteroatoms. The van der Waals surface area contributed by atoms with Gasteiger partial charge in [-0.1, -0.05) is 29.8 Å². The van der Waals surface area contributed by atoms with Crippen LogP contribution in [-0.2, 0) is 6.54 Å². The molecule has 0 aliphatic heterocycles. The van der Waals surface area contributed by atoms with E-state index in [0.29, 0.717) is 10.7 Å². The van der Waals surface area contributed by atoms with Crippen LogP contribution < -0.4 is 10.9 Å². The number of aromatic nitrogens is 1. The number of nitrogens with zero attached hydrogens (tertiary/aromatic N) is 2. The van der Waals surface area contributed by atoms with Crippen molar-refractivity contribution >= 4 is 28.9 Å². The molecule has 2 aromatic carbocycles. The van der Waals surface area contributed by atoms with Crippen LogP contribution in [0.4, 0.5) is 11.4 Å². The zero-order valence-electron chi connectivity index (χ0n) is 14.0. The summed E-state index contributed by atoms with van der Waals surface area (Å²) < 4.78 is 1.44. The summed E-state index contributed by atoms with van der Waals surface area (Å²) in [4.78, 5) is 34.5.